The Morgan fingerprint density at radius 1 is 0.481 bits per heavy atom. The monoisotopic (exact) mass is 1090 g/mol. The number of aromatic hydroxyl groups is 5. The van der Waals surface area contributed by atoms with Gasteiger partial charge in [0.25, 0.3) is 5.60 Å². The van der Waals surface area contributed by atoms with Gasteiger partial charge in [-0.25, -0.2) is 0 Å². The summed E-state index contributed by atoms with van der Waals surface area (Å²) in [7, 11) is 0. The number of esters is 1. The molecule has 0 aliphatic rings. The van der Waals surface area contributed by atoms with E-state index in [1.165, 1.54) is 34.9 Å². The number of aliphatic hydroxyl groups is 2. The Balaban J connectivity index is 0.000000916. The number of carbonyl (C=O) groups is 1. The molecule has 7 N–H and O–H groups in total. The smallest absolute Gasteiger partial charge is 0.430 e. The van der Waals surface area contributed by atoms with Crippen molar-refractivity contribution in [3.63, 3.8) is 0 Å². The van der Waals surface area contributed by atoms with Crippen LogP contribution in [0.4, 0.5) is 26.3 Å². The van der Waals surface area contributed by atoms with E-state index in [4.69, 9.17) is 30.3 Å². The van der Waals surface area contributed by atoms with Crippen molar-refractivity contribution in [1.82, 2.24) is 0 Å². The Hall–Kier alpha value is -5.93. The molecule has 0 saturated heterocycles. The predicted molar refractivity (Wildman–Crippen MR) is 297 cm³/mol. The fourth-order valence-electron chi connectivity index (χ4n) is 6.56. The molecule has 5 aromatic carbocycles. The fraction of sp³-hybridized carbons (Fsp3) is 0.500. The highest BCUT2D eigenvalue weighted by Gasteiger charge is 2.71. The van der Waals surface area contributed by atoms with Crippen molar-refractivity contribution < 1.29 is 71.6 Å². The van der Waals surface area contributed by atoms with E-state index in [0.717, 1.165) is 37.7 Å². The minimum absolute atomic E-state index is 0.00826. The third-order valence-corrected chi connectivity index (χ3v) is 13.9. The highest BCUT2D eigenvalue weighted by molar-refractivity contribution is 5.75. The summed E-state index contributed by atoms with van der Waals surface area (Å²) in [5.41, 5.74) is -0.822. The van der Waals surface area contributed by atoms with Gasteiger partial charge in [-0.15, -0.1) is 0 Å². The van der Waals surface area contributed by atoms with E-state index in [1.807, 2.05) is 76.2 Å². The van der Waals surface area contributed by atoms with Crippen molar-refractivity contribution in [3.05, 3.63) is 149 Å². The molecule has 5 aromatic rings. The van der Waals surface area contributed by atoms with Gasteiger partial charge in [-0.3, -0.25) is 4.79 Å². The molecule has 0 aliphatic heterocycles. The number of aliphatic hydroxyl groups excluding tert-OH is 1. The maximum absolute atomic E-state index is 12.6. The Labute approximate surface area is 454 Å². The zero-order valence-corrected chi connectivity index (χ0v) is 47.7. The quantitative estimate of drug-likeness (QED) is 0.0307. The molecule has 0 fully saturated rings. The van der Waals surface area contributed by atoms with E-state index >= 15 is 0 Å². The van der Waals surface area contributed by atoms with Gasteiger partial charge in [-0.05, 0) is 158 Å². The number of rotatable bonds is 15. The molecule has 4 unspecified atom stereocenters. The first-order chi connectivity index (χ1) is 35.7. The second-order valence-corrected chi connectivity index (χ2v) is 20.4. The number of halogens is 6. The lowest BCUT2D eigenvalue weighted by Gasteiger charge is -2.32. The lowest BCUT2D eigenvalue weighted by Crippen LogP contribution is -2.53. The Kier molecular flexibility index (Phi) is 30.8. The van der Waals surface area contributed by atoms with Gasteiger partial charge in [-0.1, -0.05) is 150 Å². The second-order valence-electron chi connectivity index (χ2n) is 20.4. The molecule has 0 heterocycles. The Bertz CT molecular complexity index is 2390. The third kappa shape index (κ3) is 23.7. The van der Waals surface area contributed by atoms with Crippen molar-refractivity contribution in [2.24, 2.45) is 5.41 Å². The zero-order chi connectivity index (χ0) is 59.5. The van der Waals surface area contributed by atoms with E-state index in [1.54, 1.807) is 43.3 Å². The van der Waals surface area contributed by atoms with Crippen molar-refractivity contribution in [1.29, 1.82) is 0 Å². The molecule has 4 atom stereocenters. The molecule has 0 radical (unpaired) electrons. The van der Waals surface area contributed by atoms with Gasteiger partial charge in [0, 0.05) is 5.56 Å². The number of ether oxygens (including phenoxy) is 1. The summed E-state index contributed by atoms with van der Waals surface area (Å²) >= 11 is 0. The van der Waals surface area contributed by atoms with Crippen LogP contribution in [-0.4, -0.2) is 67.3 Å². The molecular weight excluding hydrogens is 1000 g/mol. The second kappa shape index (κ2) is 33.4. The van der Waals surface area contributed by atoms with Crippen LogP contribution in [0, 0.1) is 5.41 Å². The zero-order valence-electron chi connectivity index (χ0n) is 47.7. The molecular formula is C62H88F6O9. The summed E-state index contributed by atoms with van der Waals surface area (Å²) < 4.78 is 80.6. The van der Waals surface area contributed by atoms with Gasteiger partial charge >= 0.3 is 18.3 Å². The SMILES string of the molecule is CCC(C)(C)C(=O)OCCO.CCC(C)(C)c1ccc(O)cc1.CCC(C)c1ccc(C(O)(C(F)(F)F)C(F)(F)F)cc1.CCC(C)c1ccc(O)c(O)c1.CCC(C)c1ccc(O)cc1.CCC(C)c1cccc(O)c1. The fourth-order valence-corrected chi connectivity index (χ4v) is 6.56. The summed E-state index contributed by atoms with van der Waals surface area (Å²) in [5.74, 6) is 2.29. The van der Waals surface area contributed by atoms with Crippen LogP contribution < -0.4 is 0 Å². The summed E-state index contributed by atoms with van der Waals surface area (Å²) in [6.07, 6.45) is -5.85. The lowest BCUT2D eigenvalue weighted by molar-refractivity contribution is -0.376. The predicted octanol–water partition coefficient (Wildman–Crippen LogP) is 17.0. The van der Waals surface area contributed by atoms with Crippen LogP contribution in [0.25, 0.3) is 0 Å². The average molecular weight is 1090 g/mol. The molecule has 9 nitrogen and oxygen atoms in total. The van der Waals surface area contributed by atoms with Crippen LogP contribution in [0.3, 0.4) is 0 Å². The van der Waals surface area contributed by atoms with E-state index < -0.39 is 28.9 Å². The summed E-state index contributed by atoms with van der Waals surface area (Å²) in [6.45, 7) is 28.7. The average Bonchev–Trinajstić information content (AvgIpc) is 3.40. The first-order valence-electron chi connectivity index (χ1n) is 26.3. The number of phenols is 5. The van der Waals surface area contributed by atoms with Crippen LogP contribution >= 0.6 is 0 Å². The van der Waals surface area contributed by atoms with Crippen molar-refractivity contribution in [3.8, 4) is 28.7 Å². The first kappa shape index (κ1) is 71.1. The van der Waals surface area contributed by atoms with Gasteiger partial charge < -0.3 is 40.5 Å². The maximum Gasteiger partial charge on any atom is 0.430 e. The van der Waals surface area contributed by atoms with E-state index in [2.05, 4.69) is 62.3 Å². The summed E-state index contributed by atoms with van der Waals surface area (Å²) in [6, 6.07) is 31.0. The molecule has 77 heavy (non-hydrogen) atoms. The Morgan fingerprint density at radius 2 is 0.857 bits per heavy atom. The molecule has 0 amide bonds. The minimum Gasteiger partial charge on any atom is -0.508 e. The van der Waals surface area contributed by atoms with Crippen LogP contribution in [0.1, 0.15) is 193 Å². The first-order valence-corrected chi connectivity index (χ1v) is 26.3. The van der Waals surface area contributed by atoms with E-state index in [-0.39, 0.29) is 42.0 Å². The Morgan fingerprint density at radius 3 is 1.22 bits per heavy atom. The van der Waals surface area contributed by atoms with Crippen molar-refractivity contribution in [2.45, 2.75) is 182 Å². The largest absolute Gasteiger partial charge is 0.508 e. The van der Waals surface area contributed by atoms with E-state index in [0.29, 0.717) is 59.1 Å². The van der Waals surface area contributed by atoms with E-state index in [9.17, 15) is 41.4 Å². The standard InChI is InChI=1S/C13H14F6O.C11H16O.C10H14O2.2C10H14O.C8H16O3/c1-3-8(2)9-4-6-10(7-5-9)11(20,12(14,15)16)13(17,18)19;1-4-11(2,3)9-5-7-10(12)8-6-9;1-3-7(2)8-4-5-9(11)10(12)6-8;1-3-8(2)9-4-6-10(11)7-5-9;1-3-8(2)9-5-4-6-10(11)7-9;1-4-8(2,3)7(10)11-6-5-9/h4-8,20H,3H2,1-2H3;5-8,12H,4H2,1-3H3;4-7,11-12H,3H2,1-2H3;2*4-8,11H,3H2,1-2H3;9H,4-6H2,1-3H3. The molecule has 0 spiro atoms. The molecule has 0 bridgehead atoms. The van der Waals surface area contributed by atoms with Crippen LogP contribution in [0.2, 0.25) is 0 Å². The van der Waals surface area contributed by atoms with Crippen molar-refractivity contribution >= 4 is 5.97 Å². The maximum atomic E-state index is 12.6. The number of hydrogen-bond donors (Lipinski definition) is 7. The number of carbonyl (C=O) groups excluding carboxylic acids is 1. The van der Waals surface area contributed by atoms with Crippen molar-refractivity contribution in [2.75, 3.05) is 13.2 Å². The normalized spacial score (nSPS) is 13.1. The third-order valence-electron chi connectivity index (χ3n) is 13.9. The number of alkyl halides is 6. The van der Waals surface area contributed by atoms with Gasteiger partial charge in [0.05, 0.1) is 12.0 Å². The molecule has 0 aliphatic carbocycles. The van der Waals surface area contributed by atoms with Gasteiger partial charge in [0.1, 0.15) is 23.9 Å². The van der Waals surface area contributed by atoms with Gasteiger partial charge in [0.2, 0.25) is 0 Å². The topological polar surface area (TPSA) is 168 Å². The molecule has 5 rings (SSSR count). The highest BCUT2D eigenvalue weighted by atomic mass is 19.4. The molecule has 0 saturated carbocycles. The number of hydrogen-bond acceptors (Lipinski definition) is 9. The van der Waals surface area contributed by atoms with Gasteiger partial charge in [0.15, 0.2) is 11.5 Å². The lowest BCUT2D eigenvalue weighted by atomic mass is 9.82. The number of benzene rings is 5. The summed E-state index contributed by atoms with van der Waals surface area (Å²) in [4.78, 5) is 11.1. The number of phenolic OH excluding ortho intramolecular Hbond substituents is 5. The van der Waals surface area contributed by atoms with Gasteiger partial charge in [-0.2, -0.15) is 26.3 Å². The molecule has 432 valence electrons. The van der Waals surface area contributed by atoms with Crippen LogP contribution in [0.15, 0.2) is 115 Å². The summed E-state index contributed by atoms with van der Waals surface area (Å²) in [5, 5.41) is 63.1. The van der Waals surface area contributed by atoms with Crippen LogP contribution in [-0.2, 0) is 20.5 Å². The molecule has 0 aromatic heterocycles. The molecule has 15 heteroatoms. The minimum atomic E-state index is -5.84. The van der Waals surface area contributed by atoms with Crippen LogP contribution in [0.5, 0.6) is 28.7 Å². The highest BCUT2D eigenvalue weighted by Crippen LogP contribution is 2.50.